The second-order valence-corrected chi connectivity index (χ2v) is 6.61. The van der Waals surface area contributed by atoms with Crippen molar-refractivity contribution in [2.45, 2.75) is 26.5 Å². The van der Waals surface area contributed by atoms with Crippen LogP contribution in [-0.2, 0) is 16.1 Å². The van der Waals surface area contributed by atoms with Gasteiger partial charge in [0.25, 0.3) is 0 Å². The smallest absolute Gasteiger partial charge is 0.326 e. The number of ether oxygens (including phenoxy) is 1. The van der Waals surface area contributed by atoms with E-state index in [0.29, 0.717) is 10.7 Å². The number of aromatic nitrogens is 3. The number of nitrogens with zero attached hydrogens (tertiary/aromatic N) is 3. The van der Waals surface area contributed by atoms with Gasteiger partial charge in [-0.25, -0.2) is 9.97 Å². The molecule has 0 spiro atoms. The molecule has 0 fully saturated rings. The van der Waals surface area contributed by atoms with Crippen molar-refractivity contribution in [1.29, 1.82) is 0 Å². The highest BCUT2D eigenvalue weighted by atomic mass is 35.5. The monoisotopic (exact) mass is 353 g/mol. The van der Waals surface area contributed by atoms with E-state index < -0.39 is 0 Å². The fourth-order valence-electron chi connectivity index (χ4n) is 3.00. The molecule has 0 radical (unpaired) electrons. The Morgan fingerprint density at radius 3 is 2.60 bits per heavy atom. The maximum Gasteiger partial charge on any atom is 0.326 e. The number of carbonyl (C=O) groups is 1. The number of carbonyl (C=O) groups excluding carboxylic acids is 1. The van der Waals surface area contributed by atoms with E-state index in [1.807, 2.05) is 54.8 Å². The molecule has 0 atom stereocenters. The van der Waals surface area contributed by atoms with Crippen LogP contribution in [0.5, 0.6) is 0 Å². The maximum absolute atomic E-state index is 12.2. The summed E-state index contributed by atoms with van der Waals surface area (Å²) in [7, 11) is 0. The maximum atomic E-state index is 12.2. The minimum Gasteiger partial charge on any atom is -0.462 e. The van der Waals surface area contributed by atoms with Crippen molar-refractivity contribution in [3.63, 3.8) is 0 Å². The van der Waals surface area contributed by atoms with Crippen molar-refractivity contribution in [1.82, 2.24) is 14.5 Å². The lowest BCUT2D eigenvalue weighted by Crippen LogP contribution is -2.17. The number of para-hydroxylation sites is 2. The molecule has 2 aromatic heterocycles. The summed E-state index contributed by atoms with van der Waals surface area (Å²) in [5.74, 6) is -0.307. The Balaban J connectivity index is 2.00. The molecule has 25 heavy (non-hydrogen) atoms. The Kier molecular flexibility index (Phi) is 3.81. The van der Waals surface area contributed by atoms with Crippen LogP contribution in [0.2, 0.25) is 5.02 Å². The lowest BCUT2D eigenvalue weighted by Gasteiger charge is -2.10. The predicted octanol–water partition coefficient (Wildman–Crippen LogP) is 4.34. The van der Waals surface area contributed by atoms with E-state index in [4.69, 9.17) is 26.3 Å². The molecule has 0 aliphatic rings. The summed E-state index contributed by atoms with van der Waals surface area (Å²) in [5.41, 5.74) is 3.82. The summed E-state index contributed by atoms with van der Waals surface area (Å²) < 4.78 is 7.14. The highest BCUT2D eigenvalue weighted by molar-refractivity contribution is 6.31. The molecule has 0 aliphatic carbocycles. The Bertz CT molecular complexity index is 1120. The average Bonchev–Trinajstić information content (AvgIpc) is 2.85. The number of esters is 1. The molecule has 0 bridgehead atoms. The second-order valence-electron chi connectivity index (χ2n) is 6.17. The molecule has 4 rings (SSSR count). The van der Waals surface area contributed by atoms with E-state index in [9.17, 15) is 4.79 Å². The van der Waals surface area contributed by atoms with E-state index in [1.54, 1.807) is 6.07 Å². The standard InChI is InChI=1S/C19H16ClN3O2/c1-11(2)25-17(24)10-23-16-8-7-12(20)9-13(16)18-19(23)22-15-6-4-3-5-14(15)21-18/h3-9,11H,10H2,1-2H3. The Morgan fingerprint density at radius 1 is 1.16 bits per heavy atom. The number of hydrogen-bond acceptors (Lipinski definition) is 4. The van der Waals surface area contributed by atoms with Crippen LogP contribution in [0.4, 0.5) is 0 Å². The summed E-state index contributed by atoms with van der Waals surface area (Å²) in [6.07, 6.45) is -0.165. The van der Waals surface area contributed by atoms with Gasteiger partial charge in [-0.1, -0.05) is 23.7 Å². The third-order valence-corrected chi connectivity index (χ3v) is 4.20. The Hall–Kier alpha value is -2.66. The van der Waals surface area contributed by atoms with E-state index in [-0.39, 0.29) is 18.6 Å². The molecule has 6 heteroatoms. The van der Waals surface area contributed by atoms with Crippen LogP contribution < -0.4 is 0 Å². The van der Waals surface area contributed by atoms with Crippen molar-refractivity contribution in [2.24, 2.45) is 0 Å². The van der Waals surface area contributed by atoms with Gasteiger partial charge in [0.1, 0.15) is 12.1 Å². The van der Waals surface area contributed by atoms with E-state index in [0.717, 1.165) is 27.5 Å². The molecule has 126 valence electrons. The lowest BCUT2D eigenvalue weighted by molar-refractivity contribution is -0.147. The van der Waals surface area contributed by atoms with Crippen molar-refractivity contribution in [2.75, 3.05) is 0 Å². The molecule has 0 N–H and O–H groups in total. The third kappa shape index (κ3) is 2.81. The molecule has 2 aromatic carbocycles. The van der Waals surface area contributed by atoms with Gasteiger partial charge in [-0.2, -0.15) is 0 Å². The van der Waals surface area contributed by atoms with Gasteiger partial charge in [0.15, 0.2) is 5.65 Å². The zero-order valence-electron chi connectivity index (χ0n) is 13.9. The molecular formula is C19H16ClN3O2. The van der Waals surface area contributed by atoms with Crippen molar-refractivity contribution in [3.8, 4) is 0 Å². The highest BCUT2D eigenvalue weighted by Crippen LogP contribution is 2.30. The first-order valence-corrected chi connectivity index (χ1v) is 8.44. The number of halogens is 1. The summed E-state index contributed by atoms with van der Waals surface area (Å²) in [4.78, 5) is 21.7. The van der Waals surface area contributed by atoms with Crippen LogP contribution in [0.3, 0.4) is 0 Å². The molecule has 0 aliphatic heterocycles. The van der Waals surface area contributed by atoms with Crippen LogP contribution in [0.15, 0.2) is 42.5 Å². The molecule has 4 aromatic rings. The van der Waals surface area contributed by atoms with Gasteiger partial charge in [-0.15, -0.1) is 0 Å². The first kappa shape index (κ1) is 15.8. The molecule has 2 heterocycles. The van der Waals surface area contributed by atoms with Gasteiger partial charge < -0.3 is 9.30 Å². The van der Waals surface area contributed by atoms with Gasteiger partial charge in [-0.3, -0.25) is 4.79 Å². The van der Waals surface area contributed by atoms with Crippen LogP contribution in [0.1, 0.15) is 13.8 Å². The molecule has 0 saturated carbocycles. The summed E-state index contributed by atoms with van der Waals surface area (Å²) in [6.45, 7) is 3.74. The van der Waals surface area contributed by atoms with Gasteiger partial charge in [0.05, 0.1) is 22.7 Å². The van der Waals surface area contributed by atoms with Crippen LogP contribution in [0, 0.1) is 0 Å². The molecule has 0 saturated heterocycles. The van der Waals surface area contributed by atoms with Gasteiger partial charge in [-0.05, 0) is 44.2 Å². The van der Waals surface area contributed by atoms with Gasteiger partial charge in [0.2, 0.25) is 0 Å². The van der Waals surface area contributed by atoms with Crippen molar-refractivity contribution < 1.29 is 9.53 Å². The summed E-state index contributed by atoms with van der Waals surface area (Å²) in [5, 5.41) is 1.49. The summed E-state index contributed by atoms with van der Waals surface area (Å²) >= 11 is 6.17. The number of fused-ring (bicyclic) bond motifs is 4. The van der Waals surface area contributed by atoms with Gasteiger partial charge >= 0.3 is 5.97 Å². The quantitative estimate of drug-likeness (QED) is 0.514. The van der Waals surface area contributed by atoms with E-state index in [2.05, 4.69) is 0 Å². The number of hydrogen-bond donors (Lipinski definition) is 0. The average molecular weight is 354 g/mol. The van der Waals surface area contributed by atoms with Crippen LogP contribution >= 0.6 is 11.6 Å². The third-order valence-electron chi connectivity index (χ3n) is 3.97. The molecule has 0 amide bonds. The predicted molar refractivity (Wildman–Crippen MR) is 98.8 cm³/mol. The second kappa shape index (κ2) is 6.01. The highest BCUT2D eigenvalue weighted by Gasteiger charge is 2.18. The fraction of sp³-hybridized carbons (Fsp3) is 0.211. The Labute approximate surface area is 149 Å². The van der Waals surface area contributed by atoms with Crippen molar-refractivity contribution >= 4 is 50.7 Å². The van der Waals surface area contributed by atoms with Gasteiger partial charge in [0, 0.05) is 10.4 Å². The van der Waals surface area contributed by atoms with E-state index in [1.165, 1.54) is 0 Å². The number of benzene rings is 2. The zero-order valence-corrected chi connectivity index (χ0v) is 14.6. The first-order valence-electron chi connectivity index (χ1n) is 8.06. The Morgan fingerprint density at radius 2 is 1.88 bits per heavy atom. The first-order chi connectivity index (χ1) is 12.0. The zero-order chi connectivity index (χ0) is 17.6. The molecule has 0 unspecified atom stereocenters. The largest absolute Gasteiger partial charge is 0.462 e. The fourth-order valence-corrected chi connectivity index (χ4v) is 3.17. The van der Waals surface area contributed by atoms with Crippen molar-refractivity contribution in [3.05, 3.63) is 47.5 Å². The molecular weight excluding hydrogens is 338 g/mol. The topological polar surface area (TPSA) is 57.0 Å². The van der Waals surface area contributed by atoms with Crippen LogP contribution in [0.25, 0.3) is 33.1 Å². The number of rotatable bonds is 3. The minimum atomic E-state index is -0.307. The summed E-state index contributed by atoms with van der Waals surface area (Å²) in [6, 6.07) is 13.2. The lowest BCUT2D eigenvalue weighted by atomic mass is 10.2. The molecule has 5 nitrogen and oxygen atoms in total. The normalized spacial score (nSPS) is 11.7. The SMILES string of the molecule is CC(C)OC(=O)Cn1c2ccc(Cl)cc2c2nc3ccccc3nc21. The minimum absolute atomic E-state index is 0.0762. The van der Waals surface area contributed by atoms with Crippen LogP contribution in [-0.4, -0.2) is 26.6 Å². The van der Waals surface area contributed by atoms with E-state index >= 15 is 0 Å².